The van der Waals surface area contributed by atoms with E-state index in [-0.39, 0.29) is 5.91 Å². The van der Waals surface area contributed by atoms with Gasteiger partial charge in [0, 0.05) is 32.1 Å². The number of likely N-dealkylation sites (N-methyl/N-ethyl adjacent to an activating group) is 1. The molecule has 5 nitrogen and oxygen atoms in total. The van der Waals surface area contributed by atoms with Crippen LogP contribution in [0, 0.1) is 0 Å². The molecule has 1 atom stereocenters. The fourth-order valence-electron chi connectivity index (χ4n) is 2.52. The smallest absolute Gasteiger partial charge is 0.233 e. The van der Waals surface area contributed by atoms with Crippen molar-refractivity contribution >= 4 is 5.91 Å². The van der Waals surface area contributed by atoms with Gasteiger partial charge in [-0.15, -0.1) is 0 Å². The second kappa shape index (κ2) is 8.45. The Morgan fingerprint density at radius 2 is 2.11 bits per heavy atom. The van der Waals surface area contributed by atoms with Crippen LogP contribution in [0.4, 0.5) is 0 Å². The molecule has 0 bridgehead atoms. The Kier molecular flexibility index (Phi) is 7.23. The van der Waals surface area contributed by atoms with Gasteiger partial charge in [-0.1, -0.05) is 13.3 Å². The number of hydrogen-bond donors (Lipinski definition) is 2. The van der Waals surface area contributed by atoms with Gasteiger partial charge in [0.2, 0.25) is 5.91 Å². The third kappa shape index (κ3) is 5.33. The molecule has 0 radical (unpaired) electrons. The van der Waals surface area contributed by atoms with E-state index in [0.717, 1.165) is 19.4 Å². The molecular formula is C13H28N4O. The minimum Gasteiger partial charge on any atom is -0.301 e. The van der Waals surface area contributed by atoms with Gasteiger partial charge in [-0.25, -0.2) is 5.84 Å². The molecule has 0 saturated carbocycles. The van der Waals surface area contributed by atoms with E-state index in [1.54, 1.807) is 0 Å². The Labute approximate surface area is 111 Å². The molecule has 3 N–H and O–H groups in total. The number of nitrogens with one attached hydrogen (secondary N) is 1. The van der Waals surface area contributed by atoms with Crippen molar-refractivity contribution < 1.29 is 4.79 Å². The topological polar surface area (TPSA) is 61.6 Å². The van der Waals surface area contributed by atoms with Crippen molar-refractivity contribution in [2.45, 2.75) is 45.1 Å². The Hall–Kier alpha value is -0.650. The van der Waals surface area contributed by atoms with Crippen LogP contribution in [0.15, 0.2) is 0 Å². The van der Waals surface area contributed by atoms with E-state index in [1.807, 2.05) is 0 Å². The van der Waals surface area contributed by atoms with Gasteiger partial charge in [-0.2, -0.15) is 0 Å². The molecule has 0 aromatic heterocycles. The van der Waals surface area contributed by atoms with E-state index in [0.29, 0.717) is 12.5 Å². The van der Waals surface area contributed by atoms with Gasteiger partial charge >= 0.3 is 0 Å². The summed E-state index contributed by atoms with van der Waals surface area (Å²) in [6, 6.07) is 0.710. The third-order valence-corrected chi connectivity index (χ3v) is 3.87. The monoisotopic (exact) mass is 256 g/mol. The number of nitrogens with zero attached hydrogens (tertiary/aromatic N) is 2. The van der Waals surface area contributed by atoms with Crippen LogP contribution < -0.4 is 11.3 Å². The zero-order valence-corrected chi connectivity index (χ0v) is 11.8. The molecule has 0 aromatic carbocycles. The van der Waals surface area contributed by atoms with E-state index < -0.39 is 0 Å². The van der Waals surface area contributed by atoms with Crippen LogP contribution in [0.1, 0.15) is 39.0 Å². The molecule has 1 unspecified atom stereocenters. The maximum Gasteiger partial charge on any atom is 0.233 e. The molecule has 5 heteroatoms. The molecule has 1 aliphatic rings. The zero-order valence-electron chi connectivity index (χ0n) is 11.8. The second-order valence-electron chi connectivity index (χ2n) is 5.22. The fourth-order valence-corrected chi connectivity index (χ4v) is 2.52. The normalized spacial score (nSPS) is 22.1. The van der Waals surface area contributed by atoms with Crippen molar-refractivity contribution in [3.8, 4) is 0 Å². The lowest BCUT2D eigenvalue weighted by Gasteiger charge is -2.39. The van der Waals surface area contributed by atoms with Crippen molar-refractivity contribution in [3.05, 3.63) is 0 Å². The Bertz CT molecular complexity index is 247. The summed E-state index contributed by atoms with van der Waals surface area (Å²) < 4.78 is 0. The summed E-state index contributed by atoms with van der Waals surface area (Å²) in [6.07, 6.45) is 5.00. The van der Waals surface area contributed by atoms with Gasteiger partial charge < -0.3 is 9.80 Å². The van der Waals surface area contributed by atoms with Gasteiger partial charge in [0.15, 0.2) is 0 Å². The first-order chi connectivity index (χ1) is 8.67. The van der Waals surface area contributed by atoms with Gasteiger partial charge in [-0.05, 0) is 32.9 Å². The van der Waals surface area contributed by atoms with Gasteiger partial charge in [-0.3, -0.25) is 10.2 Å². The number of unbranched alkanes of at least 4 members (excludes halogenated alkanes) is 2. The fraction of sp³-hybridized carbons (Fsp3) is 0.923. The number of nitrogens with two attached hydrogens (primary N) is 1. The first-order valence-electron chi connectivity index (χ1n) is 7.09. The summed E-state index contributed by atoms with van der Waals surface area (Å²) >= 11 is 0. The van der Waals surface area contributed by atoms with E-state index in [4.69, 9.17) is 5.84 Å². The summed E-state index contributed by atoms with van der Waals surface area (Å²) in [7, 11) is 2.22. The van der Waals surface area contributed by atoms with Crippen molar-refractivity contribution in [1.82, 2.24) is 15.2 Å². The highest BCUT2D eigenvalue weighted by molar-refractivity contribution is 5.74. The summed E-state index contributed by atoms with van der Waals surface area (Å²) in [5, 5.41) is 0. The quantitative estimate of drug-likeness (QED) is 0.302. The summed E-state index contributed by atoms with van der Waals surface area (Å²) in [6.45, 7) is 6.96. The highest BCUT2D eigenvalue weighted by atomic mass is 16.2. The predicted octanol–water partition coefficient (Wildman–Crippen LogP) is 0.563. The highest BCUT2D eigenvalue weighted by Gasteiger charge is 2.21. The largest absolute Gasteiger partial charge is 0.301 e. The average molecular weight is 256 g/mol. The third-order valence-electron chi connectivity index (χ3n) is 3.87. The first kappa shape index (κ1) is 15.4. The Balaban J connectivity index is 2.07. The first-order valence-corrected chi connectivity index (χ1v) is 7.09. The molecular weight excluding hydrogens is 228 g/mol. The molecule has 0 aliphatic carbocycles. The molecule has 1 saturated heterocycles. The van der Waals surface area contributed by atoms with Crippen molar-refractivity contribution in [2.75, 3.05) is 33.2 Å². The molecule has 1 rings (SSSR count). The highest BCUT2D eigenvalue weighted by Crippen LogP contribution is 2.11. The van der Waals surface area contributed by atoms with E-state index >= 15 is 0 Å². The number of carbonyl (C=O) groups is 1. The van der Waals surface area contributed by atoms with Gasteiger partial charge in [0.25, 0.3) is 0 Å². The number of hydrogen-bond acceptors (Lipinski definition) is 4. The number of carbonyl (C=O) groups excluding carboxylic acids is 1. The van der Waals surface area contributed by atoms with Crippen LogP contribution in [0.5, 0.6) is 0 Å². The van der Waals surface area contributed by atoms with Crippen LogP contribution in [-0.4, -0.2) is 55.0 Å². The lowest BCUT2D eigenvalue weighted by atomic mass is 10.1. The summed E-state index contributed by atoms with van der Waals surface area (Å²) in [4.78, 5) is 16.0. The molecule has 1 fully saturated rings. The maximum atomic E-state index is 10.9. The summed E-state index contributed by atoms with van der Waals surface area (Å²) in [5.74, 6) is 4.98. The molecule has 106 valence electrons. The lowest BCUT2D eigenvalue weighted by molar-refractivity contribution is -0.121. The standard InChI is InChI=1S/C13H28N4O/c1-3-12-11-17(10-9-16(12)2)8-6-4-5-7-13(18)15-14/h12H,3-11,14H2,1-2H3,(H,15,18). The Morgan fingerprint density at radius 1 is 1.33 bits per heavy atom. The van der Waals surface area contributed by atoms with E-state index in [2.05, 4.69) is 29.2 Å². The van der Waals surface area contributed by atoms with Gasteiger partial charge in [0.05, 0.1) is 0 Å². The van der Waals surface area contributed by atoms with Crippen molar-refractivity contribution in [2.24, 2.45) is 5.84 Å². The lowest BCUT2D eigenvalue weighted by Crippen LogP contribution is -2.51. The molecule has 18 heavy (non-hydrogen) atoms. The zero-order chi connectivity index (χ0) is 13.4. The average Bonchev–Trinajstić information content (AvgIpc) is 2.39. The second-order valence-corrected chi connectivity index (χ2v) is 5.22. The number of hydrazine groups is 1. The predicted molar refractivity (Wildman–Crippen MR) is 73.9 cm³/mol. The minimum atomic E-state index is -0.0550. The summed E-state index contributed by atoms with van der Waals surface area (Å²) in [5.41, 5.74) is 2.17. The molecule has 1 amide bonds. The van der Waals surface area contributed by atoms with E-state index in [9.17, 15) is 4.79 Å². The van der Waals surface area contributed by atoms with Crippen LogP contribution in [-0.2, 0) is 4.79 Å². The van der Waals surface area contributed by atoms with Crippen LogP contribution >= 0.6 is 0 Å². The molecule has 0 aromatic rings. The SMILES string of the molecule is CCC1CN(CCCCCC(=O)NN)CCN1C. The van der Waals surface area contributed by atoms with Crippen LogP contribution in [0.2, 0.25) is 0 Å². The number of piperazine rings is 1. The molecule has 1 aliphatic heterocycles. The van der Waals surface area contributed by atoms with Crippen molar-refractivity contribution in [3.63, 3.8) is 0 Å². The number of amides is 1. The Morgan fingerprint density at radius 3 is 2.78 bits per heavy atom. The van der Waals surface area contributed by atoms with Gasteiger partial charge in [0.1, 0.15) is 0 Å². The number of rotatable bonds is 7. The minimum absolute atomic E-state index is 0.0550. The van der Waals surface area contributed by atoms with Crippen LogP contribution in [0.3, 0.4) is 0 Å². The van der Waals surface area contributed by atoms with Crippen molar-refractivity contribution in [1.29, 1.82) is 0 Å². The van der Waals surface area contributed by atoms with Crippen LogP contribution in [0.25, 0.3) is 0 Å². The molecule has 1 heterocycles. The maximum absolute atomic E-state index is 10.9. The van der Waals surface area contributed by atoms with E-state index in [1.165, 1.54) is 32.5 Å². The molecule has 0 spiro atoms.